The summed E-state index contributed by atoms with van der Waals surface area (Å²) in [7, 11) is 0. The van der Waals surface area contributed by atoms with E-state index in [9.17, 15) is 14.7 Å². The number of hydrogen-bond donors (Lipinski definition) is 3. The number of aliphatic hydroxyl groups is 1. The second-order valence-electron chi connectivity index (χ2n) is 11.6. The first kappa shape index (κ1) is 32.1. The van der Waals surface area contributed by atoms with Crippen LogP contribution in [0, 0.1) is 0 Å². The largest absolute Gasteiger partial charge is 0.392 e. The maximum atomic E-state index is 12.8. The number of fused-ring (bicyclic) bond motifs is 1. The zero-order valence-corrected chi connectivity index (χ0v) is 26.8. The van der Waals surface area contributed by atoms with Crippen LogP contribution in [-0.2, 0) is 27.4 Å². The summed E-state index contributed by atoms with van der Waals surface area (Å²) in [6.45, 7) is 2.64. The lowest BCUT2D eigenvalue weighted by molar-refractivity contribution is -0.253. The molecule has 1 amide bonds. The number of carbonyl (C=O) groups excluding carboxylic acids is 1. The van der Waals surface area contributed by atoms with Crippen LogP contribution in [0.2, 0.25) is 0 Å². The van der Waals surface area contributed by atoms with Crippen molar-refractivity contribution in [3.63, 3.8) is 0 Å². The first-order valence-electron chi connectivity index (χ1n) is 15.0. The number of piperidine rings is 1. The minimum absolute atomic E-state index is 0.0186. The second-order valence-corrected chi connectivity index (χ2v) is 13.9. The van der Waals surface area contributed by atoms with Crippen molar-refractivity contribution in [2.24, 2.45) is 0 Å². The summed E-state index contributed by atoms with van der Waals surface area (Å²) in [5.41, 5.74) is 5.31. The Kier molecular flexibility index (Phi) is 9.87. The Labute approximate surface area is 276 Å². The Morgan fingerprint density at radius 3 is 2.29 bits per heavy atom. The van der Waals surface area contributed by atoms with Gasteiger partial charge in [0.15, 0.2) is 6.29 Å². The molecule has 9 nitrogen and oxygen atoms in total. The van der Waals surface area contributed by atoms with Crippen LogP contribution in [-0.4, -0.2) is 55.0 Å². The fraction of sp³-hybridized carbons (Fsp3) is 0.394. The number of imidazole rings is 1. The molecule has 2 saturated heterocycles. The lowest BCUT2D eigenvalue weighted by Gasteiger charge is -2.40. The monoisotopic (exact) mass is 672 g/mol. The van der Waals surface area contributed by atoms with Gasteiger partial charge in [-0.25, -0.2) is 4.79 Å². The van der Waals surface area contributed by atoms with Gasteiger partial charge in [0.05, 0.1) is 29.8 Å². The van der Waals surface area contributed by atoms with Crippen molar-refractivity contribution in [2.45, 2.75) is 60.7 Å². The van der Waals surface area contributed by atoms with E-state index in [4.69, 9.17) is 44.3 Å². The molecule has 4 aromatic rings. The number of para-hydroxylation sites is 2. The highest BCUT2D eigenvalue weighted by Gasteiger charge is 2.34. The van der Waals surface area contributed by atoms with Crippen molar-refractivity contribution in [1.82, 2.24) is 19.8 Å². The fourth-order valence-corrected chi connectivity index (χ4v) is 6.39. The highest BCUT2D eigenvalue weighted by Crippen LogP contribution is 2.39. The van der Waals surface area contributed by atoms with E-state index >= 15 is 0 Å². The van der Waals surface area contributed by atoms with Crippen molar-refractivity contribution in [3.05, 3.63) is 106 Å². The van der Waals surface area contributed by atoms with Crippen LogP contribution >= 0.6 is 34.8 Å². The number of benzene rings is 3. The molecular weight excluding hydrogens is 639 g/mol. The first-order chi connectivity index (χ1) is 21.7. The van der Waals surface area contributed by atoms with E-state index in [-0.39, 0.29) is 37.1 Å². The van der Waals surface area contributed by atoms with Crippen LogP contribution in [0.1, 0.15) is 60.0 Å². The van der Waals surface area contributed by atoms with Crippen LogP contribution in [0.4, 0.5) is 0 Å². The number of nitrogens with one attached hydrogen (secondary N) is 2. The zero-order chi connectivity index (χ0) is 31.6. The second kappa shape index (κ2) is 13.8. The Morgan fingerprint density at radius 1 is 0.933 bits per heavy atom. The number of ether oxygens (including phenoxy) is 2. The normalized spacial score (nSPS) is 21.6. The molecule has 0 unspecified atom stereocenters. The molecular formula is C33H35Cl3N4O5. The maximum Gasteiger partial charge on any atom is 0.326 e. The van der Waals surface area contributed by atoms with Gasteiger partial charge in [-0.2, -0.15) is 0 Å². The third-order valence-corrected chi connectivity index (χ3v) is 9.10. The molecule has 6 rings (SSSR count). The number of likely N-dealkylation sites (tertiary alicyclic amines) is 1. The molecule has 3 atom stereocenters. The molecule has 12 heteroatoms. The topological polar surface area (TPSA) is 109 Å². The summed E-state index contributed by atoms with van der Waals surface area (Å²) in [5, 5.41) is 12.1. The number of halogens is 3. The van der Waals surface area contributed by atoms with Gasteiger partial charge in [0.2, 0.25) is 0 Å². The van der Waals surface area contributed by atoms with Crippen LogP contribution in [0.5, 0.6) is 0 Å². The number of aromatic nitrogens is 2. The number of aromatic amines is 1. The standard InChI is InChI=1S/C33H35Cl3N4O5/c34-33(35,36)31(42)37-18-21-5-11-24(12-6-21)30-44-26(17-29(45-30)23-9-7-22(20-41)8-10-23)19-39-15-13-25(14-16-39)40-28-4-2-1-3-27(28)38-32(40)43/h1-12,25-26,29-30,41H,13-20H2,(H,37,42)(H,38,43)/t26-,29+,30+/m1/s1. The minimum atomic E-state index is -2.02. The summed E-state index contributed by atoms with van der Waals surface area (Å²) >= 11 is 17.0. The quantitative estimate of drug-likeness (QED) is 0.208. The summed E-state index contributed by atoms with van der Waals surface area (Å²) in [5.74, 6) is -0.689. The van der Waals surface area contributed by atoms with Gasteiger partial charge in [-0.05, 0) is 41.7 Å². The Hall–Kier alpha value is -2.89. The van der Waals surface area contributed by atoms with Crippen LogP contribution in [0.15, 0.2) is 77.6 Å². The van der Waals surface area contributed by atoms with E-state index in [2.05, 4.69) is 15.2 Å². The number of hydrogen-bond acceptors (Lipinski definition) is 6. The molecule has 0 aliphatic carbocycles. The van der Waals surface area contributed by atoms with E-state index in [1.807, 2.05) is 77.4 Å². The zero-order valence-electron chi connectivity index (χ0n) is 24.5. The first-order valence-corrected chi connectivity index (χ1v) is 16.2. The number of rotatable bonds is 8. The van der Waals surface area contributed by atoms with E-state index in [1.54, 1.807) is 0 Å². The molecule has 0 spiro atoms. The van der Waals surface area contributed by atoms with Crippen molar-refractivity contribution in [3.8, 4) is 0 Å². The molecule has 0 radical (unpaired) electrons. The molecule has 2 aliphatic heterocycles. The summed E-state index contributed by atoms with van der Waals surface area (Å²) in [6, 6.07) is 23.4. The highest BCUT2D eigenvalue weighted by atomic mass is 35.6. The average molecular weight is 674 g/mol. The number of carbonyl (C=O) groups is 1. The van der Waals surface area contributed by atoms with E-state index in [1.165, 1.54) is 0 Å². The lowest BCUT2D eigenvalue weighted by Crippen LogP contribution is -2.43. The minimum Gasteiger partial charge on any atom is -0.392 e. The summed E-state index contributed by atoms with van der Waals surface area (Å²) in [4.78, 5) is 30.1. The Morgan fingerprint density at radius 2 is 1.60 bits per heavy atom. The van der Waals surface area contributed by atoms with Crippen molar-refractivity contribution in [1.29, 1.82) is 0 Å². The SMILES string of the molecule is O=C(NCc1ccc([C@H]2O[C@@H](CN3CCC(n4c(=O)[nH]c5ccccc54)CC3)C[C@@H](c3ccc(CO)cc3)O2)cc1)C(Cl)(Cl)Cl. The molecule has 3 heterocycles. The number of aliphatic hydroxyl groups excluding tert-OH is 1. The fourth-order valence-electron chi connectivity index (χ4n) is 6.19. The smallest absolute Gasteiger partial charge is 0.326 e. The van der Waals surface area contributed by atoms with Crippen LogP contribution in [0.25, 0.3) is 11.0 Å². The number of alkyl halides is 3. The van der Waals surface area contributed by atoms with Gasteiger partial charge in [-0.15, -0.1) is 0 Å². The predicted octanol–water partition coefficient (Wildman–Crippen LogP) is 5.69. The van der Waals surface area contributed by atoms with Gasteiger partial charge in [-0.1, -0.05) is 95.5 Å². The molecule has 0 bridgehead atoms. The predicted molar refractivity (Wildman–Crippen MR) is 174 cm³/mol. The number of amides is 1. The molecule has 0 saturated carbocycles. The summed E-state index contributed by atoms with van der Waals surface area (Å²) < 4.78 is 12.9. The van der Waals surface area contributed by atoms with Gasteiger partial charge in [0.1, 0.15) is 0 Å². The van der Waals surface area contributed by atoms with Gasteiger partial charge in [0.25, 0.3) is 9.70 Å². The maximum absolute atomic E-state index is 12.8. The highest BCUT2D eigenvalue weighted by molar-refractivity contribution is 6.76. The van der Waals surface area contributed by atoms with Gasteiger partial charge < -0.3 is 29.8 Å². The van der Waals surface area contributed by atoms with E-state index in [0.29, 0.717) is 6.42 Å². The van der Waals surface area contributed by atoms with Crippen molar-refractivity contribution in [2.75, 3.05) is 19.6 Å². The van der Waals surface area contributed by atoms with Crippen molar-refractivity contribution >= 4 is 51.7 Å². The molecule has 238 valence electrons. The molecule has 1 aromatic heterocycles. The number of nitrogens with zero attached hydrogens (tertiary/aromatic N) is 2. The third kappa shape index (κ3) is 7.58. The molecule has 2 aliphatic rings. The lowest BCUT2D eigenvalue weighted by atomic mass is 9.98. The van der Waals surface area contributed by atoms with Gasteiger partial charge in [0, 0.05) is 44.2 Å². The average Bonchev–Trinajstić information content (AvgIpc) is 3.39. The third-order valence-electron chi connectivity index (χ3n) is 8.59. The molecule has 3 N–H and O–H groups in total. The van der Waals surface area contributed by atoms with E-state index in [0.717, 1.165) is 65.8 Å². The van der Waals surface area contributed by atoms with Crippen molar-refractivity contribution < 1.29 is 19.4 Å². The van der Waals surface area contributed by atoms with Crippen LogP contribution in [0.3, 0.4) is 0 Å². The molecule has 2 fully saturated rings. The molecule has 3 aromatic carbocycles. The molecule has 45 heavy (non-hydrogen) atoms. The number of H-pyrrole nitrogens is 1. The van der Waals surface area contributed by atoms with Gasteiger partial charge in [-0.3, -0.25) is 9.36 Å². The summed E-state index contributed by atoms with van der Waals surface area (Å²) in [6.07, 6.45) is 1.53. The van der Waals surface area contributed by atoms with Gasteiger partial charge >= 0.3 is 5.69 Å². The van der Waals surface area contributed by atoms with Crippen LogP contribution < -0.4 is 11.0 Å². The Bertz CT molecular complexity index is 1660. The Balaban J connectivity index is 1.13. The van der Waals surface area contributed by atoms with E-state index < -0.39 is 16.0 Å².